The van der Waals surface area contributed by atoms with Crippen LogP contribution in [0.25, 0.3) is 0 Å². The summed E-state index contributed by atoms with van der Waals surface area (Å²) in [6.07, 6.45) is 1.82. The van der Waals surface area contributed by atoms with Crippen molar-refractivity contribution >= 4 is 34.7 Å². The van der Waals surface area contributed by atoms with Crippen molar-refractivity contribution in [2.24, 2.45) is 0 Å². The molecule has 0 unspecified atom stereocenters. The Bertz CT molecular complexity index is 471. The monoisotopic (exact) mass is 284 g/mol. The number of benzene rings is 1. The quantitative estimate of drug-likeness (QED) is 0.896. The van der Waals surface area contributed by atoms with Crippen molar-refractivity contribution in [3.8, 4) is 0 Å². The summed E-state index contributed by atoms with van der Waals surface area (Å²) in [4.78, 5) is 5.46. The molecule has 1 aromatic carbocycles. The predicted molar refractivity (Wildman–Crippen MR) is 75.1 cm³/mol. The van der Waals surface area contributed by atoms with E-state index in [0.717, 1.165) is 28.0 Å². The second-order valence-corrected chi connectivity index (χ2v) is 5.99. The Morgan fingerprint density at radius 3 is 3.06 bits per heavy atom. The first-order chi connectivity index (χ1) is 8.31. The molecule has 0 radical (unpaired) electrons. The zero-order chi connectivity index (χ0) is 12.1. The minimum atomic E-state index is 0.796. The van der Waals surface area contributed by atoms with Crippen LogP contribution in [0, 0.1) is 0 Å². The van der Waals surface area contributed by atoms with Crippen molar-refractivity contribution in [1.29, 1.82) is 0 Å². The molecule has 2 aromatic rings. The summed E-state index contributed by atoms with van der Waals surface area (Å²) in [5, 5.41) is 6.11. The summed E-state index contributed by atoms with van der Waals surface area (Å²) in [5.74, 6) is 0. The molecule has 0 spiro atoms. The van der Waals surface area contributed by atoms with Gasteiger partial charge < -0.3 is 5.32 Å². The third-order valence-corrected chi connectivity index (χ3v) is 4.57. The van der Waals surface area contributed by atoms with E-state index < -0.39 is 0 Å². The molecule has 2 nitrogen and oxygen atoms in total. The van der Waals surface area contributed by atoms with E-state index >= 15 is 0 Å². The van der Waals surface area contributed by atoms with Crippen LogP contribution in [0.15, 0.2) is 39.0 Å². The van der Waals surface area contributed by atoms with Crippen LogP contribution in [0.2, 0.25) is 5.02 Å². The van der Waals surface area contributed by atoms with Gasteiger partial charge in [-0.1, -0.05) is 36.4 Å². The number of nitrogens with one attached hydrogen (secondary N) is 1. The van der Waals surface area contributed by atoms with Gasteiger partial charge in [0.1, 0.15) is 0 Å². The van der Waals surface area contributed by atoms with Crippen LogP contribution < -0.4 is 5.32 Å². The van der Waals surface area contributed by atoms with Crippen LogP contribution in [0.3, 0.4) is 0 Å². The van der Waals surface area contributed by atoms with E-state index in [0.29, 0.717) is 0 Å². The normalized spacial score (nSPS) is 10.7. The second kappa shape index (κ2) is 6.40. The van der Waals surface area contributed by atoms with E-state index in [1.165, 1.54) is 4.90 Å². The van der Waals surface area contributed by atoms with Gasteiger partial charge in [0.15, 0.2) is 4.34 Å². The van der Waals surface area contributed by atoms with Crippen molar-refractivity contribution in [3.63, 3.8) is 0 Å². The highest BCUT2D eigenvalue weighted by molar-refractivity contribution is 8.01. The zero-order valence-corrected chi connectivity index (χ0v) is 11.8. The van der Waals surface area contributed by atoms with E-state index in [1.807, 2.05) is 23.7 Å². The SMILES string of the molecule is CCNCc1c(Cl)cccc1Sc1nccs1. The third-order valence-electron chi connectivity index (χ3n) is 2.23. The van der Waals surface area contributed by atoms with Gasteiger partial charge in [0.25, 0.3) is 0 Å². The molecule has 17 heavy (non-hydrogen) atoms. The summed E-state index contributed by atoms with van der Waals surface area (Å²) in [6.45, 7) is 3.82. The van der Waals surface area contributed by atoms with Crippen LogP contribution in [0.4, 0.5) is 0 Å². The molecule has 0 aliphatic rings. The van der Waals surface area contributed by atoms with Gasteiger partial charge in [-0.05, 0) is 24.2 Å². The zero-order valence-electron chi connectivity index (χ0n) is 9.44. The fraction of sp³-hybridized carbons (Fsp3) is 0.250. The molecule has 0 atom stereocenters. The molecule has 1 aromatic heterocycles. The Balaban J connectivity index is 2.23. The maximum Gasteiger partial charge on any atom is 0.154 e. The highest BCUT2D eigenvalue weighted by Crippen LogP contribution is 2.34. The molecule has 0 amide bonds. The van der Waals surface area contributed by atoms with Crippen LogP contribution in [0.1, 0.15) is 12.5 Å². The maximum absolute atomic E-state index is 6.23. The number of hydrogen-bond acceptors (Lipinski definition) is 4. The van der Waals surface area contributed by atoms with Gasteiger partial charge in [0.2, 0.25) is 0 Å². The number of hydrogen-bond donors (Lipinski definition) is 1. The average molecular weight is 285 g/mol. The number of rotatable bonds is 5. The van der Waals surface area contributed by atoms with Gasteiger partial charge in [-0.2, -0.15) is 0 Å². The topological polar surface area (TPSA) is 24.9 Å². The van der Waals surface area contributed by atoms with Crippen LogP contribution >= 0.6 is 34.7 Å². The van der Waals surface area contributed by atoms with Crippen molar-refractivity contribution < 1.29 is 0 Å². The summed E-state index contributed by atoms with van der Waals surface area (Å²) < 4.78 is 1.05. The summed E-state index contributed by atoms with van der Waals surface area (Å²) in [7, 11) is 0. The Labute approximate surface area is 114 Å². The molecule has 0 fully saturated rings. The lowest BCUT2D eigenvalue weighted by Crippen LogP contribution is -2.12. The standard InChI is InChI=1S/C12H13ClN2S2/c1-2-14-8-9-10(13)4-3-5-11(9)17-12-15-6-7-16-12/h3-7,14H,2,8H2,1H3. The number of thiazole rings is 1. The molecule has 1 heterocycles. The third kappa shape index (κ3) is 3.45. The molecule has 2 rings (SSSR count). The largest absolute Gasteiger partial charge is 0.313 e. The van der Waals surface area contributed by atoms with Gasteiger partial charge >= 0.3 is 0 Å². The lowest BCUT2D eigenvalue weighted by Gasteiger charge is -2.10. The smallest absolute Gasteiger partial charge is 0.154 e. The Morgan fingerprint density at radius 2 is 2.35 bits per heavy atom. The molecule has 5 heteroatoms. The predicted octanol–water partition coefficient (Wildman–Crippen LogP) is 4.06. The van der Waals surface area contributed by atoms with Gasteiger partial charge in [0, 0.05) is 28.0 Å². The Morgan fingerprint density at radius 1 is 1.47 bits per heavy atom. The summed E-state index contributed by atoms with van der Waals surface area (Å²) >= 11 is 9.55. The number of halogens is 1. The van der Waals surface area contributed by atoms with Crippen LogP contribution in [0.5, 0.6) is 0 Å². The van der Waals surface area contributed by atoms with Crippen molar-refractivity contribution in [2.75, 3.05) is 6.54 Å². The van der Waals surface area contributed by atoms with Crippen molar-refractivity contribution in [1.82, 2.24) is 10.3 Å². The lowest BCUT2D eigenvalue weighted by atomic mass is 10.2. The molecule has 0 aliphatic heterocycles. The fourth-order valence-electron chi connectivity index (χ4n) is 1.41. The van der Waals surface area contributed by atoms with Crippen molar-refractivity contribution in [3.05, 3.63) is 40.4 Å². The molecule has 90 valence electrons. The highest BCUT2D eigenvalue weighted by atomic mass is 35.5. The number of aromatic nitrogens is 1. The van der Waals surface area contributed by atoms with E-state index in [4.69, 9.17) is 11.6 Å². The molecule has 0 aliphatic carbocycles. The second-order valence-electron chi connectivity index (χ2n) is 3.40. The van der Waals surface area contributed by atoms with Gasteiger partial charge in [-0.15, -0.1) is 11.3 Å². The van der Waals surface area contributed by atoms with E-state index in [-0.39, 0.29) is 0 Å². The molecular formula is C12H13ClN2S2. The molecular weight excluding hydrogens is 272 g/mol. The minimum absolute atomic E-state index is 0.796. The van der Waals surface area contributed by atoms with Crippen LogP contribution in [-0.2, 0) is 6.54 Å². The van der Waals surface area contributed by atoms with Crippen LogP contribution in [-0.4, -0.2) is 11.5 Å². The van der Waals surface area contributed by atoms with Gasteiger partial charge in [0.05, 0.1) is 0 Å². The van der Waals surface area contributed by atoms with E-state index in [1.54, 1.807) is 23.1 Å². The van der Waals surface area contributed by atoms with Gasteiger partial charge in [-0.25, -0.2) is 4.98 Å². The lowest BCUT2D eigenvalue weighted by molar-refractivity contribution is 0.718. The Kier molecular flexibility index (Phi) is 4.86. The molecule has 0 bridgehead atoms. The average Bonchev–Trinajstić information content (AvgIpc) is 2.81. The van der Waals surface area contributed by atoms with Crippen molar-refractivity contribution in [2.45, 2.75) is 22.7 Å². The summed E-state index contributed by atoms with van der Waals surface area (Å²) in [6, 6.07) is 6.00. The summed E-state index contributed by atoms with van der Waals surface area (Å²) in [5.41, 5.74) is 1.15. The minimum Gasteiger partial charge on any atom is -0.313 e. The molecule has 0 saturated carbocycles. The van der Waals surface area contributed by atoms with E-state index in [9.17, 15) is 0 Å². The Hall–Kier alpha value is -0.550. The fourth-order valence-corrected chi connectivity index (χ4v) is 3.45. The highest BCUT2D eigenvalue weighted by Gasteiger charge is 2.09. The number of nitrogens with zero attached hydrogens (tertiary/aromatic N) is 1. The first-order valence-corrected chi connectivity index (χ1v) is 7.44. The first kappa shape index (κ1) is 12.9. The molecule has 1 N–H and O–H groups in total. The van der Waals surface area contributed by atoms with Gasteiger partial charge in [-0.3, -0.25) is 0 Å². The van der Waals surface area contributed by atoms with E-state index in [2.05, 4.69) is 23.3 Å². The maximum atomic E-state index is 6.23. The first-order valence-electron chi connectivity index (χ1n) is 5.36. The molecule has 0 saturated heterocycles.